The Hall–Kier alpha value is -1.64. The quantitative estimate of drug-likeness (QED) is 0.444. The Morgan fingerprint density at radius 3 is 2.52 bits per heavy atom. The molecule has 4 atom stereocenters. The largest absolute Gasteiger partial charge is 0.454 e. The van der Waals surface area contributed by atoms with Gasteiger partial charge in [0.1, 0.15) is 6.10 Å². The van der Waals surface area contributed by atoms with E-state index in [0.717, 1.165) is 17.6 Å². The molecule has 0 amide bonds. The molecule has 23 heavy (non-hydrogen) atoms. The second kappa shape index (κ2) is 6.86. The van der Waals surface area contributed by atoms with Gasteiger partial charge in [-0.25, -0.2) is 4.79 Å². The highest BCUT2D eigenvalue weighted by molar-refractivity contribution is 5.99. The van der Waals surface area contributed by atoms with E-state index >= 15 is 0 Å². The second-order valence-electron chi connectivity index (χ2n) is 7.09. The summed E-state index contributed by atoms with van der Waals surface area (Å²) in [5.41, 5.74) is 2.47. The van der Waals surface area contributed by atoms with Crippen LogP contribution < -0.4 is 0 Å². The maximum absolute atomic E-state index is 12.3. The first-order chi connectivity index (χ1) is 10.8. The minimum Gasteiger partial charge on any atom is -0.454 e. The number of Topliss-reactive ketones (excluding diaryl/α,β-unsaturated/α-hetero) is 1. The van der Waals surface area contributed by atoms with Crippen LogP contribution in [0.15, 0.2) is 35.5 Å². The van der Waals surface area contributed by atoms with Gasteiger partial charge in [0.15, 0.2) is 5.78 Å². The van der Waals surface area contributed by atoms with Crippen molar-refractivity contribution in [3.63, 3.8) is 0 Å². The molecule has 0 heterocycles. The van der Waals surface area contributed by atoms with Crippen molar-refractivity contribution in [3.8, 4) is 0 Å². The fraction of sp³-hybridized carbons (Fsp3) is 0.600. The van der Waals surface area contributed by atoms with Gasteiger partial charge < -0.3 is 4.74 Å². The van der Waals surface area contributed by atoms with E-state index in [1.54, 1.807) is 13.0 Å². The third-order valence-corrected chi connectivity index (χ3v) is 5.53. The molecular weight excluding hydrogens is 288 g/mol. The highest BCUT2D eigenvalue weighted by Crippen LogP contribution is 2.51. The van der Waals surface area contributed by atoms with Gasteiger partial charge in [0.2, 0.25) is 0 Å². The van der Waals surface area contributed by atoms with Gasteiger partial charge in [-0.2, -0.15) is 0 Å². The average Bonchev–Trinajstić information content (AvgIpc) is 2.85. The lowest BCUT2D eigenvalue weighted by Gasteiger charge is -2.42. The van der Waals surface area contributed by atoms with Crippen LogP contribution in [0, 0.1) is 23.7 Å². The van der Waals surface area contributed by atoms with Crippen molar-refractivity contribution < 1.29 is 14.3 Å². The lowest BCUT2D eigenvalue weighted by Crippen LogP contribution is -2.39. The molecule has 3 heteroatoms. The van der Waals surface area contributed by atoms with Gasteiger partial charge in [-0.15, -0.1) is 0 Å². The van der Waals surface area contributed by atoms with E-state index in [0.29, 0.717) is 23.8 Å². The Morgan fingerprint density at radius 2 is 2.00 bits per heavy atom. The maximum atomic E-state index is 12.3. The fourth-order valence-corrected chi connectivity index (χ4v) is 4.03. The summed E-state index contributed by atoms with van der Waals surface area (Å²) in [6.07, 6.45) is 4.70. The Labute approximate surface area is 139 Å². The van der Waals surface area contributed by atoms with Crippen LogP contribution >= 0.6 is 0 Å². The van der Waals surface area contributed by atoms with Crippen molar-refractivity contribution in [2.75, 3.05) is 0 Å². The van der Waals surface area contributed by atoms with Crippen molar-refractivity contribution in [2.24, 2.45) is 23.7 Å². The smallest absolute Gasteiger partial charge is 0.333 e. The van der Waals surface area contributed by atoms with Crippen molar-refractivity contribution in [1.82, 2.24) is 0 Å². The number of hydrogen-bond donors (Lipinski definition) is 0. The predicted molar refractivity (Wildman–Crippen MR) is 91.8 cm³/mol. The van der Waals surface area contributed by atoms with Crippen LogP contribution in [-0.4, -0.2) is 17.9 Å². The Bertz CT molecular complexity index is 580. The second-order valence-corrected chi connectivity index (χ2v) is 7.09. The van der Waals surface area contributed by atoms with E-state index in [1.807, 2.05) is 19.9 Å². The molecule has 0 aromatic rings. The molecule has 126 valence electrons. The number of ether oxygens (including phenoxy) is 1. The van der Waals surface area contributed by atoms with Crippen LogP contribution in [-0.2, 0) is 14.3 Å². The van der Waals surface area contributed by atoms with Gasteiger partial charge in [-0.3, -0.25) is 4.79 Å². The van der Waals surface area contributed by atoms with Gasteiger partial charge in [-0.1, -0.05) is 32.6 Å². The molecule has 3 nitrogen and oxygen atoms in total. The first-order valence-electron chi connectivity index (χ1n) is 8.53. The van der Waals surface area contributed by atoms with E-state index in [-0.39, 0.29) is 29.7 Å². The van der Waals surface area contributed by atoms with Crippen molar-refractivity contribution in [2.45, 2.75) is 53.6 Å². The number of allylic oxidation sites excluding steroid dienone is 3. The molecule has 2 aliphatic carbocycles. The summed E-state index contributed by atoms with van der Waals surface area (Å²) in [6, 6.07) is 0. The first-order valence-corrected chi connectivity index (χ1v) is 8.53. The van der Waals surface area contributed by atoms with Crippen LogP contribution in [0.25, 0.3) is 0 Å². The molecule has 0 aliphatic heterocycles. The van der Waals surface area contributed by atoms with Gasteiger partial charge in [0, 0.05) is 12.0 Å². The lowest BCUT2D eigenvalue weighted by atomic mass is 9.65. The van der Waals surface area contributed by atoms with E-state index in [2.05, 4.69) is 20.4 Å². The highest BCUT2D eigenvalue weighted by Gasteiger charge is 2.50. The summed E-state index contributed by atoms with van der Waals surface area (Å²) in [4.78, 5) is 24.5. The number of carbonyl (C=O) groups is 2. The maximum Gasteiger partial charge on any atom is 0.333 e. The van der Waals surface area contributed by atoms with Crippen LogP contribution in [0.5, 0.6) is 0 Å². The molecule has 0 N–H and O–H groups in total. The van der Waals surface area contributed by atoms with Crippen molar-refractivity contribution in [1.29, 1.82) is 0 Å². The Morgan fingerprint density at radius 1 is 1.35 bits per heavy atom. The standard InChI is InChI=1S/C20H28O3/c1-7-12(5)20(22)23-18-10-15(11(3)4)19-14(8-2)17(21)9-16(19)13(18)6/h7-8,11,15-16,18-19H,6,9-10H2,1-5H3. The van der Waals surface area contributed by atoms with Gasteiger partial charge in [0.05, 0.1) is 0 Å². The van der Waals surface area contributed by atoms with Gasteiger partial charge >= 0.3 is 5.97 Å². The minimum atomic E-state index is -0.282. The molecule has 2 saturated carbocycles. The molecule has 0 aromatic heterocycles. The minimum absolute atomic E-state index is 0.110. The molecule has 0 aromatic carbocycles. The van der Waals surface area contributed by atoms with Crippen molar-refractivity contribution in [3.05, 3.63) is 35.5 Å². The molecule has 0 spiro atoms. The monoisotopic (exact) mass is 316 g/mol. The number of rotatable bonds is 3. The number of hydrogen-bond acceptors (Lipinski definition) is 3. The van der Waals surface area contributed by atoms with E-state index < -0.39 is 0 Å². The third kappa shape index (κ3) is 3.19. The van der Waals surface area contributed by atoms with Crippen LogP contribution in [0.3, 0.4) is 0 Å². The molecule has 4 unspecified atom stereocenters. The number of ketones is 1. The molecular formula is C20H28O3. The summed E-state index contributed by atoms with van der Waals surface area (Å²) in [7, 11) is 0. The van der Waals surface area contributed by atoms with E-state index in [4.69, 9.17) is 4.74 Å². The summed E-state index contributed by atoms with van der Waals surface area (Å²) in [5, 5.41) is 0. The topological polar surface area (TPSA) is 43.4 Å². The molecule has 2 fully saturated rings. The molecule has 0 radical (unpaired) electrons. The molecule has 0 bridgehead atoms. The summed E-state index contributed by atoms with van der Waals surface area (Å²) in [6.45, 7) is 14.1. The molecule has 0 saturated heterocycles. The number of carbonyl (C=O) groups excluding carboxylic acids is 2. The SMILES string of the molecule is C=C1C(OC(=O)C(C)=CC)CC(C(C)C)C2C(=CC)C(=O)CC12. The zero-order valence-electron chi connectivity index (χ0n) is 14.9. The summed E-state index contributed by atoms with van der Waals surface area (Å²) >= 11 is 0. The first kappa shape index (κ1) is 17.7. The third-order valence-electron chi connectivity index (χ3n) is 5.53. The van der Waals surface area contributed by atoms with Crippen LogP contribution in [0.2, 0.25) is 0 Å². The number of fused-ring (bicyclic) bond motifs is 1. The van der Waals surface area contributed by atoms with Gasteiger partial charge in [0.25, 0.3) is 0 Å². The number of esters is 1. The highest BCUT2D eigenvalue weighted by atomic mass is 16.5. The van der Waals surface area contributed by atoms with Crippen LogP contribution in [0.4, 0.5) is 0 Å². The van der Waals surface area contributed by atoms with Crippen molar-refractivity contribution >= 4 is 11.8 Å². The normalized spacial score (nSPS) is 33.3. The molecule has 2 rings (SSSR count). The summed E-state index contributed by atoms with van der Waals surface area (Å²) < 4.78 is 5.71. The average molecular weight is 316 g/mol. The lowest BCUT2D eigenvalue weighted by molar-refractivity contribution is -0.145. The van der Waals surface area contributed by atoms with E-state index in [1.165, 1.54) is 0 Å². The zero-order chi connectivity index (χ0) is 17.3. The van der Waals surface area contributed by atoms with E-state index in [9.17, 15) is 9.59 Å². The van der Waals surface area contributed by atoms with Crippen LogP contribution in [0.1, 0.15) is 47.5 Å². The Balaban J connectivity index is 2.29. The predicted octanol–water partition coefficient (Wildman–Crippen LogP) is 4.25. The molecule has 2 aliphatic rings. The zero-order valence-corrected chi connectivity index (χ0v) is 14.9. The summed E-state index contributed by atoms with van der Waals surface area (Å²) in [5.74, 6) is 1.06. The van der Waals surface area contributed by atoms with Gasteiger partial charge in [-0.05, 0) is 62.0 Å². The Kier molecular flexibility index (Phi) is 5.28. The fourth-order valence-electron chi connectivity index (χ4n) is 4.03.